The number of aromatic hydroxyl groups is 1. The summed E-state index contributed by atoms with van der Waals surface area (Å²) in [4.78, 5) is 7.73. The van der Waals surface area contributed by atoms with Gasteiger partial charge in [0.2, 0.25) is 5.88 Å². The Labute approximate surface area is 138 Å². The number of phenolic OH excluding ortho intramolecular Hbond substituents is 1. The lowest BCUT2D eigenvalue weighted by atomic mass is 10.0. The minimum atomic E-state index is 0.179. The van der Waals surface area contributed by atoms with Gasteiger partial charge >= 0.3 is 0 Å². The summed E-state index contributed by atoms with van der Waals surface area (Å²) in [6.07, 6.45) is 0.640. The van der Waals surface area contributed by atoms with Crippen molar-refractivity contribution in [3.05, 3.63) is 63.8 Å². The first-order valence-electron chi connectivity index (χ1n) is 7.30. The number of nitrogens with one attached hydrogen (secondary N) is 1. The van der Waals surface area contributed by atoms with Crippen molar-refractivity contribution in [1.82, 2.24) is 9.97 Å². The Hall–Kier alpha value is -2.66. The molecular weight excluding hydrogens is 308 g/mol. The number of nitrogens with zero attached hydrogens (tertiary/aromatic N) is 1. The zero-order valence-electron chi connectivity index (χ0n) is 12.5. The van der Waals surface area contributed by atoms with Gasteiger partial charge in [0.25, 0.3) is 0 Å². The summed E-state index contributed by atoms with van der Waals surface area (Å²) in [5.74, 6) is 2.10. The van der Waals surface area contributed by atoms with E-state index in [4.69, 9.17) is 17.0 Å². The lowest BCUT2D eigenvalue weighted by molar-refractivity contribution is 0.427. The molecule has 0 saturated heterocycles. The maximum Gasteiger partial charge on any atom is 0.205 e. The average molecular weight is 322 g/mol. The zero-order valence-corrected chi connectivity index (χ0v) is 13.3. The molecule has 0 amide bonds. The molecule has 0 atom stereocenters. The number of phenols is 1. The Morgan fingerprint density at radius 3 is 2.74 bits per heavy atom. The smallest absolute Gasteiger partial charge is 0.205 e. The number of hydrogen-bond acceptors (Lipinski definition) is 4. The van der Waals surface area contributed by atoms with Crippen molar-refractivity contribution in [2.75, 3.05) is 0 Å². The van der Waals surface area contributed by atoms with Crippen LogP contribution < -0.4 is 4.74 Å². The second kappa shape index (κ2) is 5.21. The average Bonchev–Trinajstić information content (AvgIpc) is 2.54. The molecule has 0 aliphatic carbocycles. The normalized spacial score (nSPS) is 12.2. The fourth-order valence-corrected chi connectivity index (χ4v) is 2.91. The van der Waals surface area contributed by atoms with Gasteiger partial charge in [-0.05, 0) is 18.6 Å². The van der Waals surface area contributed by atoms with E-state index in [0.717, 1.165) is 16.7 Å². The lowest BCUT2D eigenvalue weighted by Gasteiger charge is -2.20. The number of hydrogen-bond donors (Lipinski definition) is 2. The topological polar surface area (TPSA) is 58.1 Å². The molecule has 1 aliphatic heterocycles. The molecule has 1 aliphatic rings. The van der Waals surface area contributed by atoms with Crippen LogP contribution in [0.15, 0.2) is 42.5 Å². The standard InChI is InChI=1S/C18H14N2O2S/c1-10-2-4-11(5-3-10)16-19-17-14(18(23)20-16)8-12-6-7-13(21)9-15(12)22-17/h2-7,9,21H,8H2,1H3,(H,19,20,23). The molecule has 0 unspecified atom stereocenters. The molecule has 3 aromatic rings. The molecule has 0 fully saturated rings. The first-order valence-corrected chi connectivity index (χ1v) is 7.71. The fourth-order valence-electron chi connectivity index (χ4n) is 2.65. The SMILES string of the molecule is Cc1ccc(-c2nc(=S)c3c([nH]2)Oc2cc(O)ccc2C3)cc1. The predicted molar refractivity (Wildman–Crippen MR) is 90.6 cm³/mol. The van der Waals surface area contributed by atoms with Crippen LogP contribution in [0.2, 0.25) is 0 Å². The number of H-pyrrole nitrogens is 1. The van der Waals surface area contributed by atoms with Gasteiger partial charge < -0.3 is 14.8 Å². The van der Waals surface area contributed by atoms with E-state index in [1.165, 1.54) is 5.56 Å². The number of ether oxygens (including phenoxy) is 1. The number of aromatic amines is 1. The van der Waals surface area contributed by atoms with Gasteiger partial charge in [-0.2, -0.15) is 0 Å². The molecule has 0 saturated carbocycles. The quantitative estimate of drug-likeness (QED) is 0.506. The van der Waals surface area contributed by atoms with Crippen LogP contribution in [0.5, 0.6) is 17.4 Å². The molecule has 0 bridgehead atoms. The molecular formula is C18H14N2O2S. The van der Waals surface area contributed by atoms with Gasteiger partial charge in [0.1, 0.15) is 22.0 Å². The van der Waals surface area contributed by atoms with Crippen LogP contribution in [0.1, 0.15) is 16.7 Å². The first kappa shape index (κ1) is 14.0. The third-order valence-electron chi connectivity index (χ3n) is 3.93. The number of aryl methyl sites for hydroxylation is 1. The Bertz CT molecular complexity index is 962. The van der Waals surface area contributed by atoms with Crippen molar-refractivity contribution in [2.45, 2.75) is 13.3 Å². The molecule has 1 aromatic heterocycles. The molecule has 2 heterocycles. The minimum Gasteiger partial charge on any atom is -0.508 e. The van der Waals surface area contributed by atoms with Crippen molar-refractivity contribution < 1.29 is 9.84 Å². The van der Waals surface area contributed by atoms with E-state index in [0.29, 0.717) is 28.5 Å². The monoisotopic (exact) mass is 322 g/mol. The zero-order chi connectivity index (χ0) is 16.0. The van der Waals surface area contributed by atoms with Gasteiger partial charge in [0, 0.05) is 18.1 Å². The van der Waals surface area contributed by atoms with Crippen LogP contribution in [-0.4, -0.2) is 15.1 Å². The van der Waals surface area contributed by atoms with Crippen LogP contribution in [0.4, 0.5) is 0 Å². The van der Waals surface area contributed by atoms with Gasteiger partial charge in [0.15, 0.2) is 0 Å². The van der Waals surface area contributed by atoms with Gasteiger partial charge in [-0.1, -0.05) is 48.1 Å². The third-order valence-corrected chi connectivity index (χ3v) is 4.27. The Balaban J connectivity index is 1.81. The van der Waals surface area contributed by atoms with Crippen LogP contribution >= 0.6 is 12.2 Å². The highest BCUT2D eigenvalue weighted by Gasteiger charge is 2.21. The van der Waals surface area contributed by atoms with Crippen molar-refractivity contribution in [2.24, 2.45) is 0 Å². The summed E-state index contributed by atoms with van der Waals surface area (Å²) in [6.45, 7) is 2.04. The second-order valence-electron chi connectivity index (χ2n) is 5.64. The molecule has 0 radical (unpaired) electrons. The van der Waals surface area contributed by atoms with Gasteiger partial charge in [-0.15, -0.1) is 0 Å². The molecule has 2 aromatic carbocycles. The van der Waals surface area contributed by atoms with Crippen LogP contribution in [0, 0.1) is 11.6 Å². The van der Waals surface area contributed by atoms with Gasteiger partial charge in [0.05, 0.1) is 5.56 Å². The van der Waals surface area contributed by atoms with Crippen molar-refractivity contribution >= 4 is 12.2 Å². The molecule has 4 rings (SSSR count). The molecule has 0 spiro atoms. The van der Waals surface area contributed by atoms with E-state index >= 15 is 0 Å². The van der Waals surface area contributed by atoms with Crippen molar-refractivity contribution in [1.29, 1.82) is 0 Å². The minimum absolute atomic E-state index is 0.179. The van der Waals surface area contributed by atoms with Crippen LogP contribution in [0.3, 0.4) is 0 Å². The lowest BCUT2D eigenvalue weighted by Crippen LogP contribution is -2.07. The Morgan fingerprint density at radius 1 is 1.17 bits per heavy atom. The number of rotatable bonds is 1. The highest BCUT2D eigenvalue weighted by Crippen LogP contribution is 2.38. The van der Waals surface area contributed by atoms with E-state index in [2.05, 4.69) is 9.97 Å². The summed E-state index contributed by atoms with van der Waals surface area (Å²) < 4.78 is 6.44. The van der Waals surface area contributed by atoms with E-state index in [1.54, 1.807) is 12.1 Å². The van der Waals surface area contributed by atoms with E-state index in [9.17, 15) is 5.11 Å². The summed E-state index contributed by atoms with van der Waals surface area (Å²) in [6, 6.07) is 13.2. The van der Waals surface area contributed by atoms with Crippen molar-refractivity contribution in [3.63, 3.8) is 0 Å². The van der Waals surface area contributed by atoms with Gasteiger partial charge in [-0.3, -0.25) is 0 Å². The molecule has 23 heavy (non-hydrogen) atoms. The molecule has 5 heteroatoms. The predicted octanol–water partition coefficient (Wildman–Crippen LogP) is 4.52. The van der Waals surface area contributed by atoms with Crippen LogP contribution in [0.25, 0.3) is 11.4 Å². The number of aromatic nitrogens is 2. The van der Waals surface area contributed by atoms with Gasteiger partial charge in [-0.25, -0.2) is 4.98 Å². The molecule has 114 valence electrons. The Kier molecular flexibility index (Phi) is 3.16. The molecule has 2 N–H and O–H groups in total. The highest BCUT2D eigenvalue weighted by molar-refractivity contribution is 7.71. The van der Waals surface area contributed by atoms with E-state index < -0.39 is 0 Å². The van der Waals surface area contributed by atoms with E-state index in [1.807, 2.05) is 37.3 Å². The van der Waals surface area contributed by atoms with E-state index in [-0.39, 0.29) is 5.75 Å². The summed E-state index contributed by atoms with van der Waals surface area (Å²) in [7, 11) is 0. The third kappa shape index (κ3) is 2.49. The molecule has 4 nitrogen and oxygen atoms in total. The first-order chi connectivity index (χ1) is 11.1. The van der Waals surface area contributed by atoms with Crippen molar-refractivity contribution in [3.8, 4) is 28.8 Å². The number of benzene rings is 2. The summed E-state index contributed by atoms with van der Waals surface area (Å²) >= 11 is 5.45. The largest absolute Gasteiger partial charge is 0.508 e. The maximum absolute atomic E-state index is 9.63. The fraction of sp³-hybridized carbons (Fsp3) is 0.111. The summed E-state index contributed by atoms with van der Waals surface area (Å²) in [5, 5.41) is 9.63. The highest BCUT2D eigenvalue weighted by atomic mass is 32.1. The van der Waals surface area contributed by atoms with Crippen LogP contribution in [-0.2, 0) is 6.42 Å². The second-order valence-corrected chi connectivity index (χ2v) is 6.02. The number of fused-ring (bicyclic) bond motifs is 2. The Morgan fingerprint density at radius 2 is 1.96 bits per heavy atom. The maximum atomic E-state index is 9.63. The summed E-state index contributed by atoms with van der Waals surface area (Å²) in [5.41, 5.74) is 3.99.